The van der Waals surface area contributed by atoms with E-state index in [2.05, 4.69) is 0 Å². The van der Waals surface area contributed by atoms with Crippen LogP contribution in [0.15, 0.2) is 36.1 Å². The summed E-state index contributed by atoms with van der Waals surface area (Å²) in [4.78, 5) is 18.7. The molecule has 0 aliphatic carbocycles. The number of hydrogen-bond acceptors (Lipinski definition) is 2. The molecular weight excluding hydrogens is 182 g/mol. The Morgan fingerprint density at radius 3 is 2.31 bits per heavy atom. The van der Waals surface area contributed by atoms with E-state index in [1.54, 1.807) is 24.3 Å². The van der Waals surface area contributed by atoms with Gasteiger partial charge in [-0.3, -0.25) is 0 Å². The van der Waals surface area contributed by atoms with Gasteiger partial charge in [-0.25, -0.2) is 0 Å². The van der Waals surface area contributed by atoms with Gasteiger partial charge in [-0.1, -0.05) is 36.4 Å². The summed E-state index contributed by atoms with van der Waals surface area (Å²) < 4.78 is 10.3. The van der Waals surface area contributed by atoms with Gasteiger partial charge in [0.05, 0.1) is 0 Å². The van der Waals surface area contributed by atoms with Crippen molar-refractivity contribution in [2.45, 2.75) is 0 Å². The van der Waals surface area contributed by atoms with Crippen molar-refractivity contribution in [3.63, 3.8) is 0 Å². The molecule has 0 bridgehead atoms. The Bertz CT molecular complexity index is 317. The van der Waals surface area contributed by atoms with Gasteiger partial charge >= 0.3 is 18.9 Å². The Morgan fingerprint density at radius 1 is 1.31 bits per heavy atom. The first-order chi connectivity index (χ1) is 5.58. The maximum atomic E-state index is 10.3. The van der Waals surface area contributed by atoms with Crippen molar-refractivity contribution in [1.82, 2.24) is 0 Å². The normalized spacial score (nSPS) is 14.9. The molecule has 13 heavy (non-hydrogen) atoms. The molecule has 0 heterocycles. The van der Waals surface area contributed by atoms with Gasteiger partial charge in [0.1, 0.15) is 0 Å². The fraction of sp³-hybridized carbons (Fsp3) is 0. The van der Waals surface area contributed by atoms with Crippen LogP contribution in [0.3, 0.4) is 0 Å². The van der Waals surface area contributed by atoms with E-state index in [0.717, 1.165) is 11.4 Å². The van der Waals surface area contributed by atoms with Gasteiger partial charge in [-0.05, 0) is 11.4 Å². The van der Waals surface area contributed by atoms with E-state index in [9.17, 15) is 9.46 Å². The van der Waals surface area contributed by atoms with Crippen molar-refractivity contribution in [3.05, 3.63) is 41.7 Å². The van der Waals surface area contributed by atoms with Gasteiger partial charge in [-0.15, -0.1) is 0 Å². The monoisotopic (exact) mass is 190 g/mol. The van der Waals surface area contributed by atoms with Crippen LogP contribution < -0.4 is 23.8 Å². The van der Waals surface area contributed by atoms with Crippen molar-refractivity contribution < 1.29 is 33.2 Å². The van der Waals surface area contributed by atoms with Gasteiger partial charge in [0.2, 0.25) is 0 Å². The Morgan fingerprint density at radius 2 is 1.85 bits per heavy atom. The standard InChI is InChI=1S/C8H9O3P.Li/c9-12(10,11)7-6-8-4-2-1-3-5-8;/h1-7H,(H2,9,10,11);/q;+1/p-1. The predicted molar refractivity (Wildman–Crippen MR) is 45.3 cm³/mol. The molecule has 1 rings (SSSR count). The molecule has 0 aromatic heterocycles. The van der Waals surface area contributed by atoms with E-state index in [-0.39, 0.29) is 18.9 Å². The molecule has 1 aromatic carbocycles. The van der Waals surface area contributed by atoms with Crippen LogP contribution in [-0.2, 0) is 4.57 Å². The molecule has 3 nitrogen and oxygen atoms in total. The minimum atomic E-state index is -4.26. The van der Waals surface area contributed by atoms with Gasteiger partial charge in [0.25, 0.3) is 0 Å². The summed E-state index contributed by atoms with van der Waals surface area (Å²) in [7, 11) is -4.26. The summed E-state index contributed by atoms with van der Waals surface area (Å²) in [5, 5.41) is 0. The van der Waals surface area contributed by atoms with Gasteiger partial charge in [-0.2, -0.15) is 0 Å². The zero-order chi connectivity index (χ0) is 9.03. The third-order valence-corrected chi connectivity index (χ3v) is 1.78. The van der Waals surface area contributed by atoms with E-state index in [1.165, 1.54) is 6.08 Å². The quantitative estimate of drug-likeness (QED) is 0.442. The molecule has 0 spiro atoms. The summed E-state index contributed by atoms with van der Waals surface area (Å²) in [6.07, 6.45) is 1.34. The molecule has 0 saturated carbocycles. The van der Waals surface area contributed by atoms with Crippen molar-refractivity contribution in [2.24, 2.45) is 0 Å². The van der Waals surface area contributed by atoms with E-state index in [1.807, 2.05) is 6.07 Å². The van der Waals surface area contributed by atoms with Gasteiger partial charge < -0.3 is 14.4 Å². The van der Waals surface area contributed by atoms with Crippen LogP contribution in [0.5, 0.6) is 0 Å². The Labute approximate surface area is 88.8 Å². The summed E-state index contributed by atoms with van der Waals surface area (Å²) in [6, 6.07) is 8.88. The van der Waals surface area contributed by atoms with Gasteiger partial charge in [0.15, 0.2) is 7.60 Å². The molecule has 1 aromatic rings. The Kier molecular flexibility index (Phi) is 5.32. The van der Waals surface area contributed by atoms with Crippen LogP contribution in [0.4, 0.5) is 0 Å². The first-order valence-corrected chi connectivity index (χ1v) is 5.00. The number of hydrogen-bond donors (Lipinski definition) is 1. The van der Waals surface area contributed by atoms with E-state index in [0.29, 0.717) is 0 Å². The summed E-state index contributed by atoms with van der Waals surface area (Å²) in [6.45, 7) is 0. The largest absolute Gasteiger partial charge is 1.00 e. The minimum Gasteiger partial charge on any atom is -0.776 e. The molecule has 5 heteroatoms. The first-order valence-electron chi connectivity index (χ1n) is 3.36. The van der Waals surface area contributed by atoms with Crippen LogP contribution in [0.25, 0.3) is 6.08 Å². The van der Waals surface area contributed by atoms with Crippen LogP contribution in [0.2, 0.25) is 0 Å². The van der Waals surface area contributed by atoms with Crippen LogP contribution >= 0.6 is 7.60 Å². The fourth-order valence-corrected chi connectivity index (χ4v) is 1.10. The fourth-order valence-electron chi connectivity index (χ4n) is 0.744. The zero-order valence-electron chi connectivity index (χ0n) is 7.25. The second-order valence-electron chi connectivity index (χ2n) is 2.29. The molecule has 0 saturated heterocycles. The summed E-state index contributed by atoms with van der Waals surface area (Å²) in [5.74, 6) is 0.780. The summed E-state index contributed by atoms with van der Waals surface area (Å²) >= 11 is 0. The van der Waals surface area contributed by atoms with Crippen LogP contribution in [-0.4, -0.2) is 4.89 Å². The Balaban J connectivity index is 0.00000144. The third-order valence-electron chi connectivity index (χ3n) is 1.25. The first kappa shape index (κ1) is 12.7. The van der Waals surface area contributed by atoms with Crippen molar-refractivity contribution in [2.75, 3.05) is 0 Å². The van der Waals surface area contributed by atoms with E-state index >= 15 is 0 Å². The van der Waals surface area contributed by atoms with Gasteiger partial charge in [0, 0.05) is 0 Å². The molecule has 0 amide bonds. The molecule has 0 fully saturated rings. The second kappa shape index (κ2) is 5.44. The molecule has 1 atom stereocenters. The SMILES string of the molecule is O=P([O-])(O)C=Cc1ccccc1.[Li+]. The molecule has 64 valence electrons. The minimum absolute atomic E-state index is 0. The van der Waals surface area contributed by atoms with E-state index in [4.69, 9.17) is 4.89 Å². The number of rotatable bonds is 2. The van der Waals surface area contributed by atoms with Crippen molar-refractivity contribution in [3.8, 4) is 0 Å². The average Bonchev–Trinajstić information content (AvgIpc) is 2.02. The topological polar surface area (TPSA) is 60.4 Å². The molecule has 0 radical (unpaired) electrons. The molecule has 1 N–H and O–H groups in total. The molecular formula is C8H8LiO3P. The second-order valence-corrected chi connectivity index (χ2v) is 3.72. The smallest absolute Gasteiger partial charge is 0.776 e. The van der Waals surface area contributed by atoms with Crippen LogP contribution in [0, 0.1) is 0 Å². The average molecular weight is 190 g/mol. The zero-order valence-corrected chi connectivity index (χ0v) is 8.15. The Hall–Kier alpha value is -0.293. The molecule has 0 aliphatic rings. The van der Waals surface area contributed by atoms with Crippen molar-refractivity contribution in [1.29, 1.82) is 0 Å². The maximum Gasteiger partial charge on any atom is 1.00 e. The molecule has 0 aliphatic heterocycles. The predicted octanol–water partition coefficient (Wildman–Crippen LogP) is -1.79. The third kappa shape index (κ3) is 5.87. The van der Waals surface area contributed by atoms with Crippen molar-refractivity contribution >= 4 is 13.7 Å². The van der Waals surface area contributed by atoms with Crippen LogP contribution in [0.1, 0.15) is 5.56 Å². The van der Waals surface area contributed by atoms with E-state index < -0.39 is 7.60 Å². The number of benzene rings is 1. The maximum absolute atomic E-state index is 10.3. The summed E-state index contributed by atoms with van der Waals surface area (Å²) in [5.41, 5.74) is 0.739. The molecule has 1 unspecified atom stereocenters.